The van der Waals surface area contributed by atoms with Crippen LogP contribution in [-0.4, -0.2) is 41.4 Å². The predicted molar refractivity (Wildman–Crippen MR) is 150 cm³/mol. The van der Waals surface area contributed by atoms with E-state index < -0.39 is 10.0 Å². The molecule has 1 aliphatic heterocycles. The van der Waals surface area contributed by atoms with E-state index in [1.165, 1.54) is 7.11 Å². The largest absolute Gasteiger partial charge is 0.495 e. The molecule has 4 heterocycles. The number of nitrogens with zero attached hydrogens (tertiary/aromatic N) is 4. The maximum absolute atomic E-state index is 12.1. The summed E-state index contributed by atoms with van der Waals surface area (Å²) in [6.45, 7) is 4.13. The van der Waals surface area contributed by atoms with Gasteiger partial charge in [0, 0.05) is 34.8 Å². The second kappa shape index (κ2) is 9.77. The Labute approximate surface area is 225 Å². The quantitative estimate of drug-likeness (QED) is 0.322. The van der Waals surface area contributed by atoms with E-state index in [9.17, 15) is 8.42 Å². The van der Waals surface area contributed by atoms with E-state index in [2.05, 4.69) is 44.5 Å². The highest BCUT2D eigenvalue weighted by Crippen LogP contribution is 2.45. The van der Waals surface area contributed by atoms with Crippen molar-refractivity contribution < 1.29 is 13.2 Å². The normalized spacial score (nSPS) is 17.6. The van der Waals surface area contributed by atoms with Gasteiger partial charge in [-0.1, -0.05) is 6.07 Å². The Balaban J connectivity index is 1.68. The van der Waals surface area contributed by atoms with Crippen molar-refractivity contribution in [2.75, 3.05) is 23.0 Å². The third-order valence-electron chi connectivity index (χ3n) is 6.25. The van der Waals surface area contributed by atoms with Gasteiger partial charge in [0.1, 0.15) is 5.75 Å². The maximum Gasteiger partial charge on any atom is 0.229 e. The maximum atomic E-state index is 12.1. The highest BCUT2D eigenvalue weighted by molar-refractivity contribution is 7.92. The lowest BCUT2D eigenvalue weighted by Crippen LogP contribution is -2.29. The number of rotatable bonds is 7. The highest BCUT2D eigenvalue weighted by Gasteiger charge is 2.42. The molecule has 1 saturated heterocycles. The van der Waals surface area contributed by atoms with Gasteiger partial charge >= 0.3 is 0 Å². The highest BCUT2D eigenvalue weighted by atomic mass is 32.2. The lowest BCUT2D eigenvalue weighted by atomic mass is 9.96. The molecule has 1 fully saturated rings. The second-order valence-corrected chi connectivity index (χ2v) is 11.7. The lowest BCUT2D eigenvalue weighted by Gasteiger charge is -2.28. The summed E-state index contributed by atoms with van der Waals surface area (Å²) >= 11 is 7.43. The average Bonchev–Trinajstić information content (AvgIpc) is 3.56. The number of pyridine rings is 1. The van der Waals surface area contributed by atoms with Crippen LogP contribution in [0, 0.1) is 13.8 Å². The van der Waals surface area contributed by atoms with Crippen LogP contribution in [0.2, 0.25) is 0 Å². The van der Waals surface area contributed by atoms with Crippen molar-refractivity contribution in [1.29, 1.82) is 0 Å². The zero-order chi connectivity index (χ0) is 26.3. The van der Waals surface area contributed by atoms with Gasteiger partial charge in [-0.15, -0.1) is 11.3 Å². The number of aryl methyl sites for hydroxylation is 1. The molecule has 0 spiro atoms. The lowest BCUT2D eigenvalue weighted by molar-refractivity contribution is 0.417. The molecule has 0 saturated carbocycles. The summed E-state index contributed by atoms with van der Waals surface area (Å²) in [4.78, 5) is 11.2. The molecule has 1 aliphatic rings. The average molecular weight is 555 g/mol. The van der Waals surface area contributed by atoms with Crippen LogP contribution < -0.4 is 19.7 Å². The number of methoxy groups -OCH3 is 1. The monoisotopic (exact) mass is 554 g/mol. The second-order valence-electron chi connectivity index (χ2n) is 8.73. The number of sulfonamides is 1. The van der Waals surface area contributed by atoms with Crippen LogP contribution in [0.1, 0.15) is 34.7 Å². The van der Waals surface area contributed by atoms with Gasteiger partial charge in [-0.2, -0.15) is 0 Å². The minimum atomic E-state index is -3.53. The van der Waals surface area contributed by atoms with Gasteiger partial charge < -0.3 is 15.0 Å². The van der Waals surface area contributed by atoms with Crippen molar-refractivity contribution in [3.05, 3.63) is 82.9 Å². The topological polar surface area (TPSA) is 101 Å². The fraction of sp³-hybridized carbons (Fsp3) is 0.240. The molecular weight excluding hydrogens is 529 g/mol. The van der Waals surface area contributed by atoms with E-state index in [4.69, 9.17) is 17.0 Å². The van der Waals surface area contributed by atoms with E-state index in [0.717, 1.165) is 34.0 Å². The van der Waals surface area contributed by atoms with Gasteiger partial charge in [0.15, 0.2) is 10.2 Å². The molecule has 0 amide bonds. The molecule has 37 heavy (non-hydrogen) atoms. The molecule has 12 heteroatoms. The molecule has 2 N–H and O–H groups in total. The summed E-state index contributed by atoms with van der Waals surface area (Å²) in [5.74, 6) is 0.409. The van der Waals surface area contributed by atoms with Crippen LogP contribution in [-0.2, 0) is 10.0 Å². The summed E-state index contributed by atoms with van der Waals surface area (Å²) in [5.41, 5.74) is 5.04. The van der Waals surface area contributed by atoms with Crippen LogP contribution in [0.4, 0.5) is 11.4 Å². The van der Waals surface area contributed by atoms with Gasteiger partial charge in [-0.25, -0.2) is 13.4 Å². The standard InChI is InChI=1S/C25H26N6O3S3/c1-15-13-18(16(2)30(15)25-27-11-12-36-25)23-22(19-7-5-6-10-26-19)28-24(35)31(23)17-8-9-21(34-3)20(14-17)29-37(4,32)33/h5-14,22-23,29H,1-4H3,(H,28,35)/t22-,23-/m0/s1. The first-order valence-corrected chi connectivity index (χ1v) is 14.6. The Bertz CT molecular complexity index is 1550. The van der Waals surface area contributed by atoms with Crippen molar-refractivity contribution in [1.82, 2.24) is 19.9 Å². The van der Waals surface area contributed by atoms with Gasteiger partial charge in [0.25, 0.3) is 0 Å². The third kappa shape index (κ3) is 4.79. The summed E-state index contributed by atoms with van der Waals surface area (Å²) in [5, 5.41) is 6.81. The number of thiazole rings is 1. The molecule has 2 atom stereocenters. The summed E-state index contributed by atoms with van der Waals surface area (Å²) in [6, 6.07) is 12.8. The van der Waals surface area contributed by atoms with Crippen LogP contribution in [0.15, 0.2) is 60.2 Å². The van der Waals surface area contributed by atoms with Gasteiger partial charge in [-0.3, -0.25) is 14.3 Å². The van der Waals surface area contributed by atoms with Crippen LogP contribution >= 0.6 is 23.6 Å². The molecule has 0 aliphatic carbocycles. The molecule has 4 aromatic rings. The molecule has 3 aromatic heterocycles. The molecule has 1 aromatic carbocycles. The Morgan fingerprint density at radius 1 is 1.14 bits per heavy atom. The van der Waals surface area contributed by atoms with Gasteiger partial charge in [-0.05, 0) is 68.0 Å². The fourth-order valence-electron chi connectivity index (χ4n) is 4.78. The first kappa shape index (κ1) is 25.2. The van der Waals surface area contributed by atoms with Crippen LogP contribution in [0.25, 0.3) is 5.13 Å². The summed E-state index contributed by atoms with van der Waals surface area (Å²) < 4.78 is 34.2. The number of hydrogen-bond acceptors (Lipinski definition) is 7. The molecule has 9 nitrogen and oxygen atoms in total. The minimum Gasteiger partial charge on any atom is -0.495 e. The number of anilines is 2. The van der Waals surface area contributed by atoms with Crippen molar-refractivity contribution in [2.24, 2.45) is 0 Å². The van der Waals surface area contributed by atoms with E-state index in [-0.39, 0.29) is 12.1 Å². The third-order valence-corrected chi connectivity index (χ3v) is 7.92. The summed E-state index contributed by atoms with van der Waals surface area (Å²) in [6.07, 6.45) is 4.66. The fourth-order valence-corrected chi connectivity index (χ4v) is 6.44. The van der Waals surface area contributed by atoms with Crippen LogP contribution in [0.3, 0.4) is 0 Å². The first-order valence-electron chi connectivity index (χ1n) is 11.4. The van der Waals surface area contributed by atoms with Crippen molar-refractivity contribution in [3.63, 3.8) is 0 Å². The number of aromatic nitrogens is 3. The van der Waals surface area contributed by atoms with Gasteiger partial charge in [0.05, 0.1) is 36.8 Å². The van der Waals surface area contributed by atoms with E-state index in [0.29, 0.717) is 22.2 Å². The number of benzene rings is 1. The Morgan fingerprint density at radius 3 is 2.59 bits per heavy atom. The molecule has 0 radical (unpaired) electrons. The number of thiocarbonyl (C=S) groups is 1. The number of ether oxygens (including phenoxy) is 1. The first-order chi connectivity index (χ1) is 17.7. The molecule has 0 unspecified atom stereocenters. The Morgan fingerprint density at radius 2 is 1.95 bits per heavy atom. The van der Waals surface area contributed by atoms with E-state index >= 15 is 0 Å². The van der Waals surface area contributed by atoms with E-state index in [1.54, 1.807) is 35.9 Å². The smallest absolute Gasteiger partial charge is 0.229 e. The summed E-state index contributed by atoms with van der Waals surface area (Å²) in [7, 11) is -2.04. The zero-order valence-electron chi connectivity index (χ0n) is 20.7. The predicted octanol–water partition coefficient (Wildman–Crippen LogP) is 4.50. The molecule has 0 bridgehead atoms. The molecule has 192 valence electrons. The van der Waals surface area contributed by atoms with Crippen molar-refractivity contribution in [2.45, 2.75) is 25.9 Å². The SMILES string of the molecule is COc1ccc(N2C(=S)N[C@@H](c3ccccn3)[C@@H]2c2cc(C)n(-c3nccs3)c2C)cc1NS(C)(=O)=O. The van der Waals surface area contributed by atoms with Gasteiger partial charge in [0.2, 0.25) is 10.0 Å². The number of nitrogens with one attached hydrogen (secondary N) is 2. The molecular formula is C25H26N6O3S3. The molecule has 5 rings (SSSR count). The van der Waals surface area contributed by atoms with Crippen LogP contribution in [0.5, 0.6) is 5.75 Å². The Hall–Kier alpha value is -3.48. The zero-order valence-corrected chi connectivity index (χ0v) is 23.1. The minimum absolute atomic E-state index is 0.243. The number of hydrogen-bond donors (Lipinski definition) is 2. The van der Waals surface area contributed by atoms with E-state index in [1.807, 2.05) is 34.5 Å². The van der Waals surface area contributed by atoms with Crippen molar-refractivity contribution in [3.8, 4) is 10.9 Å². The Kier molecular flexibility index (Phi) is 6.65. The van der Waals surface area contributed by atoms with Crippen molar-refractivity contribution >= 4 is 50.1 Å².